The second-order valence-electron chi connectivity index (χ2n) is 9.47. The molecule has 2 aromatic carbocycles. The molecule has 0 radical (unpaired) electrons. The van der Waals surface area contributed by atoms with Gasteiger partial charge in [0.05, 0.1) is 10.1 Å². The van der Waals surface area contributed by atoms with Gasteiger partial charge in [0.1, 0.15) is 6.54 Å². The fraction of sp³-hybridized carbons (Fsp3) is 0.345. The second-order valence-corrected chi connectivity index (χ2v) is 12.1. The van der Waals surface area contributed by atoms with Gasteiger partial charge in [0.25, 0.3) is 10.1 Å². The summed E-state index contributed by atoms with van der Waals surface area (Å²) in [5.74, 6) is 0. The average Bonchev–Trinajstić information content (AvgIpc) is 2.85. The number of anilines is 1. The SMILES string of the molecule is CCCCNc1ccc(C(=C2C=CC(=[NH+]CCCC)C(C)=C2)c2cc[c-]c(S(=O)(=O)O)c2S(=O)(=O)[O-])cc1C.[Na+]. The molecule has 0 aromatic heterocycles. The Kier molecular flexibility index (Phi) is 12.6. The van der Waals surface area contributed by atoms with Crippen LogP contribution in [0.25, 0.3) is 5.57 Å². The molecule has 3 N–H and O–H groups in total. The van der Waals surface area contributed by atoms with Crippen LogP contribution in [0.1, 0.15) is 63.1 Å². The third-order valence-corrected chi connectivity index (χ3v) is 8.31. The molecule has 0 heterocycles. The molecule has 40 heavy (non-hydrogen) atoms. The van der Waals surface area contributed by atoms with Crippen LogP contribution in [-0.4, -0.2) is 44.7 Å². The number of hydrogen-bond acceptors (Lipinski definition) is 6. The van der Waals surface area contributed by atoms with Crippen molar-refractivity contribution in [2.75, 3.05) is 18.4 Å². The van der Waals surface area contributed by atoms with Crippen molar-refractivity contribution in [3.05, 3.63) is 82.5 Å². The fourth-order valence-corrected chi connectivity index (χ4v) is 6.32. The van der Waals surface area contributed by atoms with Gasteiger partial charge in [-0.2, -0.15) is 26.6 Å². The summed E-state index contributed by atoms with van der Waals surface area (Å²) >= 11 is 0. The van der Waals surface area contributed by atoms with Crippen molar-refractivity contribution in [3.8, 4) is 0 Å². The normalized spacial score (nSPS) is 15.9. The predicted octanol–water partition coefficient (Wildman–Crippen LogP) is 0.802. The summed E-state index contributed by atoms with van der Waals surface area (Å²) in [7, 11) is -10.4. The molecule has 11 heteroatoms. The summed E-state index contributed by atoms with van der Waals surface area (Å²) in [6.45, 7) is 9.62. The first kappa shape index (κ1) is 34.2. The smallest absolute Gasteiger partial charge is 0.754 e. The molecule has 0 atom stereocenters. The van der Waals surface area contributed by atoms with Crippen molar-refractivity contribution in [2.45, 2.75) is 63.2 Å². The van der Waals surface area contributed by atoms with Gasteiger partial charge in [-0.1, -0.05) is 32.8 Å². The van der Waals surface area contributed by atoms with Crippen LogP contribution in [0.3, 0.4) is 0 Å². The van der Waals surface area contributed by atoms with Crippen molar-refractivity contribution in [2.24, 2.45) is 0 Å². The van der Waals surface area contributed by atoms with Crippen LogP contribution in [0, 0.1) is 13.0 Å². The number of unbranched alkanes of at least 4 members (excludes halogenated alkanes) is 2. The van der Waals surface area contributed by atoms with Gasteiger partial charge >= 0.3 is 29.6 Å². The van der Waals surface area contributed by atoms with E-state index < -0.39 is 30.0 Å². The van der Waals surface area contributed by atoms with Crippen molar-refractivity contribution >= 4 is 37.2 Å². The third kappa shape index (κ3) is 8.48. The van der Waals surface area contributed by atoms with Gasteiger partial charge in [0, 0.05) is 30.3 Å². The largest absolute Gasteiger partial charge is 1.00 e. The quantitative estimate of drug-likeness (QED) is 0.152. The maximum atomic E-state index is 12.4. The van der Waals surface area contributed by atoms with E-state index in [1.165, 1.54) is 12.1 Å². The topological polar surface area (TPSA) is 138 Å². The Hall–Kier alpha value is -2.05. The number of rotatable bonds is 11. The summed E-state index contributed by atoms with van der Waals surface area (Å²) in [4.78, 5) is 1.28. The van der Waals surface area contributed by atoms with Crippen LogP contribution in [0.5, 0.6) is 0 Å². The summed E-state index contributed by atoms with van der Waals surface area (Å²) < 4.78 is 71.3. The van der Waals surface area contributed by atoms with Gasteiger partial charge in [-0.15, -0.1) is 5.56 Å². The first-order valence-electron chi connectivity index (χ1n) is 12.9. The minimum atomic E-state index is -5.34. The van der Waals surface area contributed by atoms with Crippen LogP contribution in [0.15, 0.2) is 69.5 Å². The van der Waals surface area contributed by atoms with Crippen molar-refractivity contribution in [3.63, 3.8) is 0 Å². The van der Waals surface area contributed by atoms with Gasteiger partial charge in [0.2, 0.25) is 5.71 Å². The van der Waals surface area contributed by atoms with Gasteiger partial charge < -0.3 is 9.87 Å². The van der Waals surface area contributed by atoms with Crippen LogP contribution >= 0.6 is 0 Å². The van der Waals surface area contributed by atoms with E-state index in [2.05, 4.69) is 30.2 Å². The Labute approximate surface area is 260 Å². The molecule has 2 aromatic rings. The molecule has 0 saturated heterocycles. The molecule has 0 saturated carbocycles. The summed E-state index contributed by atoms with van der Waals surface area (Å²) in [5.41, 5.74) is 4.97. The molecule has 3 rings (SSSR count). The molecule has 0 spiro atoms. The summed E-state index contributed by atoms with van der Waals surface area (Å²) in [5, 5.41) is 3.38. The maximum Gasteiger partial charge on any atom is 1.00 e. The first-order valence-corrected chi connectivity index (χ1v) is 15.8. The minimum absolute atomic E-state index is 0. The Morgan fingerprint density at radius 3 is 2.33 bits per heavy atom. The fourth-order valence-electron chi connectivity index (χ4n) is 4.41. The van der Waals surface area contributed by atoms with E-state index in [1.807, 2.05) is 38.1 Å². The van der Waals surface area contributed by atoms with Gasteiger partial charge in [-0.05, 0) is 76.6 Å². The van der Waals surface area contributed by atoms with Crippen LogP contribution in [0.4, 0.5) is 5.69 Å². The Balaban J connectivity index is 0.00000560. The second kappa shape index (κ2) is 14.7. The number of hydrogen-bond donors (Lipinski definition) is 3. The maximum absolute atomic E-state index is 12.4. The zero-order valence-electron chi connectivity index (χ0n) is 23.7. The third-order valence-electron chi connectivity index (χ3n) is 6.41. The zero-order chi connectivity index (χ0) is 28.8. The van der Waals surface area contributed by atoms with E-state index >= 15 is 0 Å². The molecule has 210 valence electrons. The minimum Gasteiger partial charge on any atom is -0.754 e. The van der Waals surface area contributed by atoms with E-state index in [0.29, 0.717) is 16.7 Å². The van der Waals surface area contributed by atoms with Gasteiger partial charge in [-0.3, -0.25) is 13.0 Å². The number of aryl methyl sites for hydroxylation is 1. The van der Waals surface area contributed by atoms with Crippen LogP contribution in [-0.2, 0) is 20.2 Å². The van der Waals surface area contributed by atoms with Crippen LogP contribution < -0.4 is 39.9 Å². The monoisotopic (exact) mass is 594 g/mol. The predicted molar refractivity (Wildman–Crippen MR) is 152 cm³/mol. The zero-order valence-corrected chi connectivity index (χ0v) is 27.3. The Morgan fingerprint density at radius 2 is 1.75 bits per heavy atom. The number of benzene rings is 2. The number of nitrogens with one attached hydrogen (secondary N) is 2. The van der Waals surface area contributed by atoms with E-state index in [-0.39, 0.29) is 35.1 Å². The first-order chi connectivity index (χ1) is 18.4. The van der Waals surface area contributed by atoms with Crippen LogP contribution in [0.2, 0.25) is 0 Å². The van der Waals surface area contributed by atoms with Gasteiger partial charge in [0.15, 0.2) is 0 Å². The molecular weight excluding hydrogens is 559 g/mol. The van der Waals surface area contributed by atoms with Gasteiger partial charge in [-0.25, -0.2) is 4.99 Å². The molecule has 0 bridgehead atoms. The average molecular weight is 595 g/mol. The van der Waals surface area contributed by atoms with Crippen molar-refractivity contribution < 1.29 is 60.5 Å². The standard InChI is InChI=1S/C29H35N2O6S2.Na/c1-5-7-16-30-25-14-12-22(18-20(25)3)28(23-13-15-26(21(4)19-23)31-17-8-6-2)24-10-9-11-27(38(32,33)34)29(24)39(35,36)37;/h9-10,12-15,18-19,30H,5-8,16-17H2,1-4H3,(H,32,33,34)(H,35,36,37);/q-1;+1. The summed E-state index contributed by atoms with van der Waals surface area (Å²) in [6, 6.07) is 10.3. The Morgan fingerprint density at radius 1 is 1.05 bits per heavy atom. The summed E-state index contributed by atoms with van der Waals surface area (Å²) in [6.07, 6.45) is 9.61. The Bertz CT molecular complexity index is 1570. The van der Waals surface area contributed by atoms with E-state index in [0.717, 1.165) is 61.3 Å². The van der Waals surface area contributed by atoms with Crippen molar-refractivity contribution in [1.29, 1.82) is 0 Å². The molecule has 0 aliphatic heterocycles. The molecule has 8 nitrogen and oxygen atoms in total. The number of allylic oxidation sites excluding steroid dienone is 5. The molecule has 0 unspecified atom stereocenters. The molecule has 0 amide bonds. The molecule has 1 aliphatic rings. The van der Waals surface area contributed by atoms with E-state index in [9.17, 15) is 25.9 Å². The van der Waals surface area contributed by atoms with E-state index in [4.69, 9.17) is 0 Å². The van der Waals surface area contributed by atoms with Crippen molar-refractivity contribution in [1.82, 2.24) is 0 Å². The molecular formula is C29H35N2NaO6S2. The molecule has 1 aliphatic carbocycles. The molecule has 0 fully saturated rings. The van der Waals surface area contributed by atoms with E-state index in [1.54, 1.807) is 12.1 Å².